The Kier molecular flexibility index (Phi) is 5.95. The number of benzene rings is 2. The number of rotatable bonds is 4. The van der Waals surface area contributed by atoms with E-state index in [4.69, 9.17) is 16.6 Å². The van der Waals surface area contributed by atoms with Gasteiger partial charge in [0.15, 0.2) is 5.17 Å². The molecule has 0 saturated carbocycles. The van der Waals surface area contributed by atoms with Gasteiger partial charge in [0, 0.05) is 23.5 Å². The van der Waals surface area contributed by atoms with Crippen LogP contribution >= 0.6 is 35.1 Å². The first-order chi connectivity index (χ1) is 14.0. The molecule has 0 aliphatic carbocycles. The summed E-state index contributed by atoms with van der Waals surface area (Å²) in [7, 11) is 1.98. The van der Waals surface area contributed by atoms with E-state index in [-0.39, 0.29) is 5.91 Å². The number of carbonyl (C=O) groups excluding carboxylic acids is 1. The zero-order valence-corrected chi connectivity index (χ0v) is 19.0. The lowest BCUT2D eigenvalue weighted by atomic mass is 10.2. The number of amides is 1. The number of hydrogen-bond donors (Lipinski definition) is 0. The Bertz CT molecular complexity index is 1020. The summed E-state index contributed by atoms with van der Waals surface area (Å²) < 4.78 is 0. The van der Waals surface area contributed by atoms with Crippen LogP contribution < -0.4 is 4.90 Å². The van der Waals surface area contributed by atoms with Crippen molar-refractivity contribution < 1.29 is 4.79 Å². The van der Waals surface area contributed by atoms with E-state index < -0.39 is 0 Å². The molecule has 4 rings (SSSR count). The number of anilines is 1. The van der Waals surface area contributed by atoms with Gasteiger partial charge in [-0.2, -0.15) is 0 Å². The van der Waals surface area contributed by atoms with Crippen molar-refractivity contribution in [2.45, 2.75) is 31.6 Å². The van der Waals surface area contributed by atoms with Crippen molar-refractivity contribution in [2.24, 2.45) is 4.99 Å². The molecule has 4 nitrogen and oxygen atoms in total. The van der Waals surface area contributed by atoms with Gasteiger partial charge in [0.05, 0.1) is 16.4 Å². The van der Waals surface area contributed by atoms with Gasteiger partial charge < -0.3 is 4.90 Å². The van der Waals surface area contributed by atoms with Crippen LogP contribution in [0.2, 0.25) is 5.02 Å². The SMILES string of the molecule is CCCCN1C(=O)C(=C2Sc3ccc(Cl)cc3N2C)SC1=Nc1ccc(C)cc1. The normalized spacial score (nSPS) is 20.1. The van der Waals surface area contributed by atoms with Gasteiger partial charge in [-0.05, 0) is 55.4 Å². The highest BCUT2D eigenvalue weighted by atomic mass is 35.5. The number of carbonyl (C=O) groups is 1. The third-order valence-corrected chi connectivity index (χ3v) is 7.51. The lowest BCUT2D eigenvalue weighted by Gasteiger charge is -2.16. The predicted molar refractivity (Wildman–Crippen MR) is 125 cm³/mol. The summed E-state index contributed by atoms with van der Waals surface area (Å²) in [6, 6.07) is 13.9. The fourth-order valence-corrected chi connectivity index (χ4v) is 5.70. The fourth-order valence-electron chi connectivity index (χ4n) is 3.18. The molecule has 0 bridgehead atoms. The van der Waals surface area contributed by atoms with Crippen molar-refractivity contribution in [3.8, 4) is 0 Å². The Balaban J connectivity index is 1.71. The standard InChI is InChI=1S/C22H22ClN3OS2/c1-4-5-12-26-20(27)19(29-22(26)24-16-9-6-14(2)7-10-16)21-25(3)17-13-15(23)8-11-18(17)28-21/h6-11,13H,4-5,12H2,1-3H3. The van der Waals surface area contributed by atoms with Crippen LogP contribution in [0, 0.1) is 6.92 Å². The second kappa shape index (κ2) is 8.46. The number of halogens is 1. The number of fused-ring (bicyclic) bond motifs is 1. The molecule has 0 atom stereocenters. The van der Waals surface area contributed by atoms with Gasteiger partial charge in [0.25, 0.3) is 5.91 Å². The Morgan fingerprint density at radius 2 is 1.86 bits per heavy atom. The summed E-state index contributed by atoms with van der Waals surface area (Å²) in [6.45, 7) is 4.86. The van der Waals surface area contributed by atoms with E-state index in [0.717, 1.165) is 44.2 Å². The van der Waals surface area contributed by atoms with Crippen molar-refractivity contribution >= 4 is 57.6 Å². The molecule has 7 heteroatoms. The first kappa shape index (κ1) is 20.4. The first-order valence-electron chi connectivity index (χ1n) is 9.58. The molecular formula is C22H22ClN3OS2. The van der Waals surface area contributed by atoms with Crippen LogP contribution in [0.25, 0.3) is 0 Å². The third kappa shape index (κ3) is 4.06. The number of amidine groups is 1. The van der Waals surface area contributed by atoms with Gasteiger partial charge >= 0.3 is 0 Å². The number of aryl methyl sites for hydroxylation is 1. The molecule has 2 aromatic rings. The summed E-state index contributed by atoms with van der Waals surface area (Å²) in [5, 5.41) is 2.38. The second-order valence-corrected chi connectivity index (χ2v) is 9.49. The molecule has 2 aromatic carbocycles. The monoisotopic (exact) mass is 443 g/mol. The van der Waals surface area contributed by atoms with E-state index >= 15 is 0 Å². The molecule has 1 amide bonds. The highest BCUT2D eigenvalue weighted by Gasteiger charge is 2.38. The number of aliphatic imine (C=N–C) groups is 1. The smallest absolute Gasteiger partial charge is 0.269 e. The zero-order valence-electron chi connectivity index (χ0n) is 16.6. The third-order valence-electron chi connectivity index (χ3n) is 4.85. The highest BCUT2D eigenvalue weighted by Crippen LogP contribution is 2.50. The summed E-state index contributed by atoms with van der Waals surface area (Å²) in [4.78, 5) is 23.8. The van der Waals surface area contributed by atoms with Gasteiger partial charge in [-0.25, -0.2) is 4.99 Å². The average Bonchev–Trinajstić information content (AvgIpc) is 3.19. The maximum Gasteiger partial charge on any atom is 0.269 e. The largest absolute Gasteiger partial charge is 0.337 e. The van der Waals surface area contributed by atoms with E-state index in [1.807, 2.05) is 54.4 Å². The predicted octanol–water partition coefficient (Wildman–Crippen LogP) is 6.42. The van der Waals surface area contributed by atoms with Crippen LogP contribution in [0.1, 0.15) is 25.3 Å². The van der Waals surface area contributed by atoms with Crippen molar-refractivity contribution in [2.75, 3.05) is 18.5 Å². The van der Waals surface area contributed by atoms with E-state index in [2.05, 4.69) is 18.7 Å². The van der Waals surface area contributed by atoms with Crippen molar-refractivity contribution in [3.63, 3.8) is 0 Å². The van der Waals surface area contributed by atoms with Crippen LogP contribution in [-0.4, -0.2) is 29.6 Å². The summed E-state index contributed by atoms with van der Waals surface area (Å²) in [6.07, 6.45) is 1.97. The van der Waals surface area contributed by atoms with Gasteiger partial charge in [0.1, 0.15) is 4.91 Å². The fraction of sp³-hybridized carbons (Fsp3) is 0.273. The second-order valence-electron chi connectivity index (χ2n) is 7.05. The van der Waals surface area contributed by atoms with Crippen molar-refractivity contribution in [3.05, 3.63) is 63.0 Å². The minimum absolute atomic E-state index is 0.0302. The summed E-state index contributed by atoms with van der Waals surface area (Å²) >= 11 is 9.25. The molecule has 0 spiro atoms. The molecule has 0 N–H and O–H groups in total. The lowest BCUT2D eigenvalue weighted by molar-refractivity contribution is -0.122. The maximum atomic E-state index is 13.3. The van der Waals surface area contributed by atoms with Gasteiger partial charge in [-0.1, -0.05) is 54.4 Å². The topological polar surface area (TPSA) is 35.9 Å². The van der Waals surface area contributed by atoms with Gasteiger partial charge in [-0.15, -0.1) is 0 Å². The van der Waals surface area contributed by atoms with E-state index in [1.165, 1.54) is 17.3 Å². The molecule has 2 aliphatic heterocycles. The average molecular weight is 444 g/mol. The van der Waals surface area contributed by atoms with Gasteiger partial charge in [-0.3, -0.25) is 9.69 Å². The number of hydrogen-bond acceptors (Lipinski definition) is 5. The minimum Gasteiger partial charge on any atom is -0.337 e. The van der Waals surface area contributed by atoms with Crippen LogP contribution in [0.3, 0.4) is 0 Å². The molecule has 29 heavy (non-hydrogen) atoms. The molecule has 2 aliphatic rings. The quantitative estimate of drug-likeness (QED) is 0.510. The molecule has 0 radical (unpaired) electrons. The van der Waals surface area contributed by atoms with Crippen LogP contribution in [0.4, 0.5) is 11.4 Å². The highest BCUT2D eigenvalue weighted by molar-refractivity contribution is 8.19. The van der Waals surface area contributed by atoms with Crippen molar-refractivity contribution in [1.29, 1.82) is 0 Å². The summed E-state index contributed by atoms with van der Waals surface area (Å²) in [5.74, 6) is 0.0302. The van der Waals surface area contributed by atoms with Gasteiger partial charge in [0.2, 0.25) is 0 Å². The van der Waals surface area contributed by atoms with Crippen LogP contribution in [-0.2, 0) is 4.79 Å². The molecule has 0 unspecified atom stereocenters. The van der Waals surface area contributed by atoms with E-state index in [0.29, 0.717) is 11.6 Å². The minimum atomic E-state index is 0.0302. The Hall–Kier alpha value is -1.89. The Labute approximate surface area is 185 Å². The molecular weight excluding hydrogens is 422 g/mol. The van der Waals surface area contributed by atoms with E-state index in [1.54, 1.807) is 11.8 Å². The van der Waals surface area contributed by atoms with Crippen LogP contribution in [0.15, 0.2) is 62.3 Å². The number of nitrogens with zero attached hydrogens (tertiary/aromatic N) is 3. The Morgan fingerprint density at radius 1 is 1.10 bits per heavy atom. The number of unbranched alkanes of at least 4 members (excludes halogenated alkanes) is 1. The molecule has 150 valence electrons. The molecule has 2 heterocycles. The van der Waals surface area contributed by atoms with Crippen LogP contribution in [0.5, 0.6) is 0 Å². The molecule has 0 aromatic heterocycles. The zero-order chi connectivity index (χ0) is 20.5. The maximum absolute atomic E-state index is 13.3. The first-order valence-corrected chi connectivity index (χ1v) is 11.6. The van der Waals surface area contributed by atoms with E-state index in [9.17, 15) is 4.79 Å². The lowest BCUT2D eigenvalue weighted by Crippen LogP contribution is -2.30. The number of thioether (sulfide) groups is 2. The summed E-state index contributed by atoms with van der Waals surface area (Å²) in [5.41, 5.74) is 3.08. The molecule has 1 fully saturated rings. The Morgan fingerprint density at radius 3 is 2.59 bits per heavy atom. The molecule has 1 saturated heterocycles. The van der Waals surface area contributed by atoms with Crippen molar-refractivity contribution in [1.82, 2.24) is 4.90 Å².